The molecule has 0 bridgehead atoms. The van der Waals surface area contributed by atoms with Gasteiger partial charge < -0.3 is 9.88 Å². The van der Waals surface area contributed by atoms with Crippen LogP contribution < -0.4 is 5.32 Å². The van der Waals surface area contributed by atoms with Crippen molar-refractivity contribution in [2.24, 2.45) is 0 Å². The smallest absolute Gasteiger partial charge is 0.0948 e. The van der Waals surface area contributed by atoms with E-state index in [1.54, 1.807) is 0 Å². The fraction of sp³-hybridized carbons (Fsp3) is 0.667. The summed E-state index contributed by atoms with van der Waals surface area (Å²) in [6, 6.07) is 0. The highest BCUT2D eigenvalue weighted by Crippen LogP contribution is 2.32. The van der Waals surface area contributed by atoms with E-state index in [0.717, 1.165) is 38.9 Å². The van der Waals surface area contributed by atoms with Crippen molar-refractivity contribution >= 4 is 0 Å². The maximum absolute atomic E-state index is 5.28. The molecule has 0 saturated carbocycles. The Hall–Kier alpha value is -1.27. The van der Waals surface area contributed by atoms with Crippen LogP contribution in [0.3, 0.4) is 0 Å². The number of imidazole rings is 1. The molecule has 1 fully saturated rings. The number of hydrogen-bond acceptors (Lipinski definition) is 2. The van der Waals surface area contributed by atoms with Crippen LogP contribution in [-0.4, -0.2) is 22.6 Å². The van der Waals surface area contributed by atoms with Crippen molar-refractivity contribution in [2.75, 3.05) is 13.1 Å². The topological polar surface area (TPSA) is 29.9 Å². The number of rotatable bonds is 5. The molecule has 0 aromatic carbocycles. The molecule has 0 spiro atoms. The first kappa shape index (κ1) is 13.2. The van der Waals surface area contributed by atoms with Gasteiger partial charge in [-0.05, 0) is 38.8 Å². The van der Waals surface area contributed by atoms with Gasteiger partial charge in [-0.25, -0.2) is 4.98 Å². The normalized spacial score (nSPS) is 18.4. The molecule has 2 heterocycles. The highest BCUT2D eigenvalue weighted by molar-refractivity contribution is 5.15. The molecule has 1 aliphatic rings. The number of unbranched alkanes of at least 4 members (excludes halogenated alkanes) is 2. The van der Waals surface area contributed by atoms with Crippen LogP contribution in [0.2, 0.25) is 0 Å². The maximum Gasteiger partial charge on any atom is 0.0948 e. The zero-order valence-electron chi connectivity index (χ0n) is 11.3. The van der Waals surface area contributed by atoms with E-state index in [2.05, 4.69) is 27.7 Å². The minimum atomic E-state index is 0.286. The van der Waals surface area contributed by atoms with Crippen LogP contribution in [0.4, 0.5) is 0 Å². The maximum atomic E-state index is 5.28. The summed E-state index contributed by atoms with van der Waals surface area (Å²) >= 11 is 0. The van der Waals surface area contributed by atoms with Crippen molar-refractivity contribution in [2.45, 2.75) is 51.0 Å². The molecule has 18 heavy (non-hydrogen) atoms. The average Bonchev–Trinajstić information content (AvgIpc) is 2.85. The first-order valence-electron chi connectivity index (χ1n) is 6.91. The Morgan fingerprint density at radius 1 is 1.44 bits per heavy atom. The molecule has 0 radical (unpaired) electrons. The summed E-state index contributed by atoms with van der Waals surface area (Å²) in [6.07, 6.45) is 14.8. The van der Waals surface area contributed by atoms with Crippen LogP contribution in [0.5, 0.6) is 0 Å². The molecule has 0 unspecified atom stereocenters. The van der Waals surface area contributed by atoms with E-state index < -0.39 is 0 Å². The lowest BCUT2D eigenvalue weighted by Gasteiger charge is -2.34. The Kier molecular flexibility index (Phi) is 4.43. The van der Waals surface area contributed by atoms with E-state index in [1.807, 2.05) is 12.5 Å². The average molecular weight is 245 g/mol. The second-order valence-corrected chi connectivity index (χ2v) is 5.44. The second-order valence-electron chi connectivity index (χ2n) is 5.44. The summed E-state index contributed by atoms with van der Waals surface area (Å²) < 4.78 is 2.32. The lowest BCUT2D eigenvalue weighted by molar-refractivity contribution is 0.315. The lowest BCUT2D eigenvalue weighted by Crippen LogP contribution is -2.39. The van der Waals surface area contributed by atoms with E-state index in [9.17, 15) is 0 Å². The predicted molar refractivity (Wildman–Crippen MR) is 74.4 cm³/mol. The molecular formula is C15H23N3. The summed E-state index contributed by atoms with van der Waals surface area (Å²) in [5, 5.41) is 3.43. The molecule has 3 nitrogen and oxygen atoms in total. The fourth-order valence-electron chi connectivity index (χ4n) is 2.75. The van der Waals surface area contributed by atoms with Gasteiger partial charge in [0.1, 0.15) is 0 Å². The van der Waals surface area contributed by atoms with Crippen molar-refractivity contribution in [3.63, 3.8) is 0 Å². The van der Waals surface area contributed by atoms with Crippen LogP contribution in [0.15, 0.2) is 12.5 Å². The Labute approximate surface area is 110 Å². The van der Waals surface area contributed by atoms with Gasteiger partial charge in [0, 0.05) is 30.3 Å². The molecule has 1 saturated heterocycles. The van der Waals surface area contributed by atoms with Gasteiger partial charge in [0.2, 0.25) is 0 Å². The van der Waals surface area contributed by atoms with Gasteiger partial charge in [-0.15, -0.1) is 12.3 Å². The van der Waals surface area contributed by atoms with E-state index in [1.165, 1.54) is 18.5 Å². The van der Waals surface area contributed by atoms with Gasteiger partial charge in [0.25, 0.3) is 0 Å². The van der Waals surface area contributed by atoms with Gasteiger partial charge in [0.05, 0.1) is 6.33 Å². The lowest BCUT2D eigenvalue weighted by atomic mass is 9.78. The second kappa shape index (κ2) is 6.06. The van der Waals surface area contributed by atoms with Crippen LogP contribution in [-0.2, 0) is 12.0 Å². The van der Waals surface area contributed by atoms with Crippen LogP contribution in [0.1, 0.15) is 44.7 Å². The number of piperidine rings is 1. The number of aromatic nitrogens is 2. The third-order valence-electron chi connectivity index (χ3n) is 4.01. The summed E-state index contributed by atoms with van der Waals surface area (Å²) in [6.45, 7) is 5.63. The molecule has 0 aliphatic carbocycles. The standard InChI is InChI=1S/C15H23N3/c1-3-4-5-6-11-18-13-17-12-14(18)15(2)7-9-16-10-8-15/h1,12-13,16H,4-11H2,2H3. The summed E-state index contributed by atoms with van der Waals surface area (Å²) in [5.41, 5.74) is 1.68. The molecule has 1 aromatic heterocycles. The summed E-state index contributed by atoms with van der Waals surface area (Å²) in [7, 11) is 0. The molecular weight excluding hydrogens is 222 g/mol. The Balaban J connectivity index is 2.00. The summed E-state index contributed by atoms with van der Waals surface area (Å²) in [4.78, 5) is 4.34. The first-order valence-corrected chi connectivity index (χ1v) is 6.91. The minimum Gasteiger partial charge on any atom is -0.334 e. The van der Waals surface area contributed by atoms with E-state index >= 15 is 0 Å². The van der Waals surface area contributed by atoms with Crippen molar-refractivity contribution in [3.8, 4) is 12.3 Å². The first-order chi connectivity index (χ1) is 8.76. The van der Waals surface area contributed by atoms with E-state index in [4.69, 9.17) is 6.42 Å². The van der Waals surface area contributed by atoms with Crippen molar-refractivity contribution in [1.29, 1.82) is 0 Å². The van der Waals surface area contributed by atoms with Crippen molar-refractivity contribution < 1.29 is 0 Å². The zero-order chi connectivity index (χ0) is 12.8. The molecule has 0 atom stereocenters. The van der Waals surface area contributed by atoms with Crippen LogP contribution >= 0.6 is 0 Å². The van der Waals surface area contributed by atoms with Gasteiger partial charge in [-0.1, -0.05) is 6.92 Å². The number of nitrogens with zero attached hydrogens (tertiary/aromatic N) is 2. The van der Waals surface area contributed by atoms with Gasteiger partial charge >= 0.3 is 0 Å². The van der Waals surface area contributed by atoms with E-state index in [-0.39, 0.29) is 5.41 Å². The molecule has 1 N–H and O–H groups in total. The number of hydrogen-bond donors (Lipinski definition) is 1. The zero-order valence-corrected chi connectivity index (χ0v) is 11.3. The fourth-order valence-corrected chi connectivity index (χ4v) is 2.75. The Bertz CT molecular complexity index is 408. The summed E-state index contributed by atoms with van der Waals surface area (Å²) in [5.74, 6) is 2.70. The highest BCUT2D eigenvalue weighted by Gasteiger charge is 2.31. The molecule has 0 amide bonds. The van der Waals surface area contributed by atoms with Crippen molar-refractivity contribution in [3.05, 3.63) is 18.2 Å². The molecule has 3 heteroatoms. The third kappa shape index (κ3) is 2.94. The largest absolute Gasteiger partial charge is 0.334 e. The highest BCUT2D eigenvalue weighted by atomic mass is 15.1. The Morgan fingerprint density at radius 2 is 2.22 bits per heavy atom. The number of terminal acetylenes is 1. The SMILES string of the molecule is C#CCCCCn1cncc1C1(C)CCNCC1. The van der Waals surface area contributed by atoms with Crippen LogP contribution in [0.25, 0.3) is 0 Å². The minimum absolute atomic E-state index is 0.286. The monoisotopic (exact) mass is 245 g/mol. The van der Waals surface area contributed by atoms with Crippen molar-refractivity contribution in [1.82, 2.24) is 14.9 Å². The molecule has 98 valence electrons. The third-order valence-corrected chi connectivity index (χ3v) is 4.01. The number of nitrogens with one attached hydrogen (secondary N) is 1. The molecule has 2 rings (SSSR count). The molecule has 1 aromatic rings. The predicted octanol–water partition coefficient (Wildman–Crippen LogP) is 2.33. The quantitative estimate of drug-likeness (QED) is 0.637. The molecule has 1 aliphatic heterocycles. The van der Waals surface area contributed by atoms with Gasteiger partial charge in [0.15, 0.2) is 0 Å². The Morgan fingerprint density at radius 3 is 2.94 bits per heavy atom. The van der Waals surface area contributed by atoms with Crippen LogP contribution in [0, 0.1) is 12.3 Å². The number of aryl methyl sites for hydroxylation is 1. The van der Waals surface area contributed by atoms with Gasteiger partial charge in [-0.3, -0.25) is 0 Å². The van der Waals surface area contributed by atoms with Gasteiger partial charge in [-0.2, -0.15) is 0 Å². The van der Waals surface area contributed by atoms with E-state index in [0.29, 0.717) is 0 Å².